The van der Waals surface area contributed by atoms with Gasteiger partial charge in [0, 0.05) is 17.5 Å². The normalized spacial score (nSPS) is 10.8. The van der Waals surface area contributed by atoms with E-state index in [9.17, 15) is 14.3 Å². The molecular weight excluding hydrogens is 524 g/mol. The maximum atomic E-state index is 13.4. The second-order valence-electron chi connectivity index (χ2n) is 8.19. The van der Waals surface area contributed by atoms with Gasteiger partial charge in [0.25, 0.3) is 0 Å². The predicted octanol–water partition coefficient (Wildman–Crippen LogP) is 8.83. The number of nitrogens with one attached hydrogen (secondary N) is 1. The van der Waals surface area contributed by atoms with E-state index in [-0.39, 0.29) is 28.8 Å². The smallest absolute Gasteiger partial charge is 0.224 e. The Balaban J connectivity index is 1.34. The molecule has 4 rings (SSSR count). The Morgan fingerprint density at radius 1 is 0.917 bits per heavy atom. The summed E-state index contributed by atoms with van der Waals surface area (Å²) in [5.41, 5.74) is 3.69. The molecule has 0 aliphatic rings. The molecule has 0 aromatic heterocycles. The predicted molar refractivity (Wildman–Crippen MR) is 143 cm³/mol. The van der Waals surface area contributed by atoms with E-state index >= 15 is 0 Å². The Kier molecular flexibility index (Phi) is 8.04. The highest BCUT2D eigenvalue weighted by atomic mass is 35.5. The summed E-state index contributed by atoms with van der Waals surface area (Å²) in [5, 5.41) is 14.0. The molecule has 8 heteroatoms. The van der Waals surface area contributed by atoms with Crippen LogP contribution in [0, 0.1) is 12.7 Å². The summed E-state index contributed by atoms with van der Waals surface area (Å²) in [4.78, 5) is 12.5. The molecule has 0 atom stereocenters. The van der Waals surface area contributed by atoms with Crippen LogP contribution in [0.1, 0.15) is 17.5 Å². The molecule has 0 aliphatic heterocycles. The van der Waals surface area contributed by atoms with Crippen molar-refractivity contribution < 1.29 is 19.0 Å². The van der Waals surface area contributed by atoms with Gasteiger partial charge >= 0.3 is 0 Å². The first-order valence-corrected chi connectivity index (χ1v) is 12.1. The van der Waals surface area contributed by atoms with Crippen LogP contribution in [0.5, 0.6) is 17.2 Å². The van der Waals surface area contributed by atoms with Crippen molar-refractivity contribution in [1.82, 2.24) is 0 Å². The van der Waals surface area contributed by atoms with Crippen molar-refractivity contribution >= 4 is 46.4 Å². The van der Waals surface area contributed by atoms with E-state index in [1.807, 2.05) is 31.2 Å². The number of carbonyl (C=O) groups excluding carboxylic acids is 1. The number of anilines is 1. The fourth-order valence-corrected chi connectivity index (χ4v) is 4.44. The highest BCUT2D eigenvalue weighted by molar-refractivity contribution is 6.35. The van der Waals surface area contributed by atoms with Crippen LogP contribution in [0.4, 0.5) is 10.1 Å². The summed E-state index contributed by atoms with van der Waals surface area (Å²) in [6.45, 7) is 1.81. The van der Waals surface area contributed by atoms with Gasteiger partial charge in [-0.15, -0.1) is 0 Å². The highest BCUT2D eigenvalue weighted by Gasteiger charge is 2.12. The molecule has 4 nitrogen and oxygen atoms in total. The summed E-state index contributed by atoms with van der Waals surface area (Å²) >= 11 is 18.1. The Morgan fingerprint density at radius 3 is 2.31 bits per heavy atom. The molecule has 0 spiro atoms. The fourth-order valence-electron chi connectivity index (χ4n) is 3.63. The maximum absolute atomic E-state index is 13.4. The Labute approximate surface area is 223 Å². The molecule has 0 saturated carbocycles. The number of aromatic hydroxyl groups is 1. The van der Waals surface area contributed by atoms with Crippen molar-refractivity contribution in [2.45, 2.75) is 19.8 Å². The van der Waals surface area contributed by atoms with Gasteiger partial charge in [0.2, 0.25) is 5.91 Å². The first-order valence-electron chi connectivity index (χ1n) is 11.0. The van der Waals surface area contributed by atoms with E-state index < -0.39 is 5.82 Å². The average Bonchev–Trinajstić information content (AvgIpc) is 2.84. The van der Waals surface area contributed by atoms with E-state index in [0.29, 0.717) is 28.0 Å². The molecule has 4 aromatic rings. The zero-order chi connectivity index (χ0) is 25.8. The lowest BCUT2D eigenvalue weighted by atomic mass is 10.0. The van der Waals surface area contributed by atoms with Crippen LogP contribution < -0.4 is 10.1 Å². The third kappa shape index (κ3) is 6.30. The number of hydrogen-bond donors (Lipinski definition) is 2. The summed E-state index contributed by atoms with van der Waals surface area (Å²) in [7, 11) is 0. The molecular formula is C28H21Cl3FNO3. The number of phenolic OH excluding ortho intramolecular Hbond substituents is 1. The molecule has 0 saturated heterocycles. The number of ether oxygens (including phenoxy) is 1. The van der Waals surface area contributed by atoms with E-state index in [2.05, 4.69) is 5.32 Å². The molecule has 184 valence electrons. The fraction of sp³-hybridized carbons (Fsp3) is 0.107. The molecule has 0 radical (unpaired) electrons. The van der Waals surface area contributed by atoms with Crippen molar-refractivity contribution in [2.24, 2.45) is 0 Å². The number of aryl methyl sites for hydroxylation is 2. The summed E-state index contributed by atoms with van der Waals surface area (Å²) in [6, 6.07) is 20.1. The van der Waals surface area contributed by atoms with Gasteiger partial charge in [-0.25, -0.2) is 4.39 Å². The standard InChI is InChI=1S/C28H21Cl3FNO3/c1-16-12-20(29)14-23(31)28(16)36-21-8-10-25(26(34)15-21)33-27(35)11-4-17-2-5-18(6-3-17)19-7-9-24(32)22(30)13-19/h2-3,5-10,12-15,34H,4,11H2,1H3,(H,33,35). The van der Waals surface area contributed by atoms with E-state index in [1.54, 1.807) is 36.4 Å². The largest absolute Gasteiger partial charge is 0.506 e. The number of rotatable bonds is 7. The Morgan fingerprint density at radius 2 is 1.64 bits per heavy atom. The highest BCUT2D eigenvalue weighted by Crippen LogP contribution is 2.37. The monoisotopic (exact) mass is 543 g/mol. The average molecular weight is 545 g/mol. The van der Waals surface area contributed by atoms with E-state index in [4.69, 9.17) is 39.5 Å². The minimum absolute atomic E-state index is 0.0694. The van der Waals surface area contributed by atoms with Gasteiger partial charge in [-0.05, 0) is 72.0 Å². The molecule has 0 fully saturated rings. The SMILES string of the molecule is Cc1cc(Cl)cc(Cl)c1Oc1ccc(NC(=O)CCc2ccc(-c3ccc(F)c(Cl)c3)cc2)c(O)c1. The molecule has 0 heterocycles. The molecule has 1 amide bonds. The van der Waals surface area contributed by atoms with Crippen LogP contribution in [0.25, 0.3) is 11.1 Å². The van der Waals surface area contributed by atoms with Gasteiger partial charge < -0.3 is 15.2 Å². The quantitative estimate of drug-likeness (QED) is 0.229. The van der Waals surface area contributed by atoms with Crippen LogP contribution in [-0.4, -0.2) is 11.0 Å². The summed E-state index contributed by atoms with van der Waals surface area (Å²) in [6.07, 6.45) is 0.728. The van der Waals surface area contributed by atoms with Gasteiger partial charge in [0.05, 0.1) is 15.7 Å². The van der Waals surface area contributed by atoms with Crippen molar-refractivity contribution in [1.29, 1.82) is 0 Å². The first kappa shape index (κ1) is 25.8. The Hall–Kier alpha value is -3.25. The third-order valence-electron chi connectivity index (χ3n) is 5.50. The number of hydrogen-bond acceptors (Lipinski definition) is 3. The second kappa shape index (κ2) is 11.2. The van der Waals surface area contributed by atoms with Crippen molar-refractivity contribution in [3.63, 3.8) is 0 Å². The van der Waals surface area contributed by atoms with Crippen LogP contribution in [0.15, 0.2) is 72.8 Å². The summed E-state index contributed by atoms with van der Waals surface area (Å²) < 4.78 is 19.2. The number of benzene rings is 4. The minimum Gasteiger partial charge on any atom is -0.506 e. The molecule has 4 aromatic carbocycles. The zero-order valence-electron chi connectivity index (χ0n) is 19.1. The second-order valence-corrected chi connectivity index (χ2v) is 9.44. The van der Waals surface area contributed by atoms with Gasteiger partial charge in [0.1, 0.15) is 23.1 Å². The Bertz CT molecular complexity index is 1400. The van der Waals surface area contributed by atoms with Gasteiger partial charge in [-0.3, -0.25) is 4.79 Å². The zero-order valence-corrected chi connectivity index (χ0v) is 21.4. The van der Waals surface area contributed by atoms with E-state index in [0.717, 1.165) is 22.3 Å². The minimum atomic E-state index is -0.461. The topological polar surface area (TPSA) is 58.6 Å². The van der Waals surface area contributed by atoms with Crippen LogP contribution in [0.3, 0.4) is 0 Å². The lowest BCUT2D eigenvalue weighted by molar-refractivity contribution is -0.116. The lowest BCUT2D eigenvalue weighted by Gasteiger charge is -2.13. The number of halogens is 4. The number of amides is 1. The van der Waals surface area contributed by atoms with Gasteiger partial charge in [-0.1, -0.05) is 65.1 Å². The van der Waals surface area contributed by atoms with Crippen LogP contribution in [-0.2, 0) is 11.2 Å². The van der Waals surface area contributed by atoms with Gasteiger partial charge in [-0.2, -0.15) is 0 Å². The molecule has 2 N–H and O–H groups in total. The molecule has 0 bridgehead atoms. The number of phenols is 1. The van der Waals surface area contributed by atoms with Crippen molar-refractivity contribution in [3.8, 4) is 28.4 Å². The van der Waals surface area contributed by atoms with Crippen LogP contribution in [0.2, 0.25) is 15.1 Å². The number of carbonyl (C=O) groups is 1. The van der Waals surface area contributed by atoms with Crippen molar-refractivity contribution in [2.75, 3.05) is 5.32 Å². The molecule has 36 heavy (non-hydrogen) atoms. The van der Waals surface area contributed by atoms with Gasteiger partial charge in [0.15, 0.2) is 0 Å². The molecule has 0 aliphatic carbocycles. The van der Waals surface area contributed by atoms with Crippen LogP contribution >= 0.6 is 34.8 Å². The third-order valence-corrected chi connectivity index (χ3v) is 6.29. The molecule has 0 unspecified atom stereocenters. The lowest BCUT2D eigenvalue weighted by Crippen LogP contribution is -2.12. The maximum Gasteiger partial charge on any atom is 0.224 e. The van der Waals surface area contributed by atoms with E-state index in [1.165, 1.54) is 12.1 Å². The first-order chi connectivity index (χ1) is 17.2. The summed E-state index contributed by atoms with van der Waals surface area (Å²) in [5.74, 6) is -0.0423. The van der Waals surface area contributed by atoms with Crippen molar-refractivity contribution in [3.05, 3.63) is 105 Å².